The molecule has 1 aliphatic heterocycles. The van der Waals surface area contributed by atoms with Crippen LogP contribution in [0.25, 0.3) is 0 Å². The first kappa shape index (κ1) is 10.1. The number of Topliss-reactive ketones (excluding diaryl/α,β-unsaturated/α-hetero) is 1. The summed E-state index contributed by atoms with van der Waals surface area (Å²) in [4.78, 5) is 16.3. The highest BCUT2D eigenvalue weighted by molar-refractivity contribution is 5.79. The summed E-state index contributed by atoms with van der Waals surface area (Å²) in [5, 5.41) is 0. The number of ketones is 1. The van der Waals surface area contributed by atoms with Crippen molar-refractivity contribution in [1.82, 2.24) is 9.55 Å². The molecule has 0 radical (unpaired) electrons. The van der Waals surface area contributed by atoms with Crippen LogP contribution in [0.15, 0.2) is 0 Å². The van der Waals surface area contributed by atoms with Crippen LogP contribution in [-0.4, -0.2) is 15.3 Å². The van der Waals surface area contributed by atoms with Crippen LogP contribution in [0.2, 0.25) is 0 Å². The first-order chi connectivity index (χ1) is 7.75. The Morgan fingerprint density at radius 2 is 2.00 bits per heavy atom. The van der Waals surface area contributed by atoms with Crippen LogP contribution >= 0.6 is 0 Å². The van der Waals surface area contributed by atoms with Gasteiger partial charge in [0.25, 0.3) is 0 Å². The number of imidazole rings is 1. The van der Waals surface area contributed by atoms with Crippen molar-refractivity contribution in [2.75, 3.05) is 0 Å². The summed E-state index contributed by atoms with van der Waals surface area (Å²) in [5.41, 5.74) is 2.45. The zero-order valence-corrected chi connectivity index (χ0v) is 9.83. The lowest BCUT2D eigenvalue weighted by Gasteiger charge is -2.18. The Hall–Kier alpha value is -1.12. The van der Waals surface area contributed by atoms with E-state index < -0.39 is 0 Å². The fourth-order valence-electron chi connectivity index (χ4n) is 3.13. The van der Waals surface area contributed by atoms with Gasteiger partial charge in [-0.2, -0.15) is 0 Å². The molecule has 3 rings (SSSR count). The molecule has 1 saturated carbocycles. The summed E-state index contributed by atoms with van der Waals surface area (Å²) in [6, 6.07) is 0. The Morgan fingerprint density at radius 1 is 1.25 bits per heavy atom. The second-order valence-electron chi connectivity index (χ2n) is 5.11. The molecular weight excluding hydrogens is 200 g/mol. The lowest BCUT2D eigenvalue weighted by Crippen LogP contribution is -2.22. The van der Waals surface area contributed by atoms with E-state index in [1.54, 1.807) is 0 Å². The first-order valence-electron chi connectivity index (χ1n) is 6.33. The molecular formula is C13H18N2O. The predicted molar refractivity (Wildman–Crippen MR) is 61.5 cm³/mol. The average Bonchev–Trinajstić information content (AvgIpc) is 2.86. The maximum Gasteiger partial charge on any atom is 0.152 e. The third kappa shape index (κ3) is 1.49. The quantitative estimate of drug-likeness (QED) is 0.725. The SMILES string of the molecule is Cc1nc(C2CCCC2)n2c1CCC(=O)C2. The van der Waals surface area contributed by atoms with E-state index in [4.69, 9.17) is 4.98 Å². The van der Waals surface area contributed by atoms with Gasteiger partial charge in [-0.1, -0.05) is 12.8 Å². The van der Waals surface area contributed by atoms with Gasteiger partial charge in [0.15, 0.2) is 5.78 Å². The maximum absolute atomic E-state index is 11.6. The van der Waals surface area contributed by atoms with E-state index in [2.05, 4.69) is 11.5 Å². The Labute approximate surface area is 95.9 Å². The van der Waals surface area contributed by atoms with Crippen molar-refractivity contribution in [1.29, 1.82) is 0 Å². The van der Waals surface area contributed by atoms with Crippen LogP contribution < -0.4 is 0 Å². The summed E-state index contributed by atoms with van der Waals surface area (Å²) in [5.74, 6) is 2.17. The largest absolute Gasteiger partial charge is 0.324 e. The molecule has 0 atom stereocenters. The first-order valence-corrected chi connectivity index (χ1v) is 6.33. The predicted octanol–water partition coefficient (Wildman–Crippen LogP) is 2.36. The maximum atomic E-state index is 11.6. The number of nitrogens with zero attached hydrogens (tertiary/aromatic N) is 2. The van der Waals surface area contributed by atoms with E-state index in [0.29, 0.717) is 24.7 Å². The van der Waals surface area contributed by atoms with Gasteiger partial charge in [0, 0.05) is 18.0 Å². The van der Waals surface area contributed by atoms with Crippen molar-refractivity contribution >= 4 is 5.78 Å². The van der Waals surface area contributed by atoms with Crippen molar-refractivity contribution in [2.45, 2.75) is 57.9 Å². The van der Waals surface area contributed by atoms with Crippen LogP contribution in [0.3, 0.4) is 0 Å². The van der Waals surface area contributed by atoms with E-state index in [-0.39, 0.29) is 0 Å². The molecule has 0 N–H and O–H groups in total. The standard InChI is InChI=1S/C13H18N2O/c1-9-12-7-6-11(16)8-15(12)13(14-9)10-4-2-3-5-10/h10H,2-8H2,1H3. The van der Waals surface area contributed by atoms with Gasteiger partial charge in [-0.3, -0.25) is 4.79 Å². The van der Waals surface area contributed by atoms with Gasteiger partial charge in [-0.15, -0.1) is 0 Å². The number of carbonyl (C=O) groups excluding carboxylic acids is 1. The van der Waals surface area contributed by atoms with E-state index in [1.807, 2.05) is 0 Å². The van der Waals surface area contributed by atoms with Crippen molar-refractivity contribution in [3.63, 3.8) is 0 Å². The van der Waals surface area contributed by atoms with Gasteiger partial charge in [0.1, 0.15) is 5.82 Å². The molecule has 0 amide bonds. The summed E-state index contributed by atoms with van der Waals surface area (Å²) in [7, 11) is 0. The fraction of sp³-hybridized carbons (Fsp3) is 0.692. The van der Waals surface area contributed by atoms with E-state index in [1.165, 1.54) is 37.2 Å². The number of carbonyl (C=O) groups is 1. The monoisotopic (exact) mass is 218 g/mol. The van der Waals surface area contributed by atoms with Gasteiger partial charge in [0.2, 0.25) is 0 Å². The number of fused-ring (bicyclic) bond motifs is 1. The Kier molecular flexibility index (Phi) is 2.34. The zero-order valence-electron chi connectivity index (χ0n) is 9.83. The molecule has 86 valence electrons. The molecule has 2 aliphatic rings. The molecule has 1 aromatic rings. The lowest BCUT2D eigenvalue weighted by atomic mass is 10.1. The Morgan fingerprint density at radius 3 is 2.75 bits per heavy atom. The van der Waals surface area contributed by atoms with Crippen molar-refractivity contribution in [3.05, 3.63) is 17.2 Å². The van der Waals surface area contributed by atoms with Crippen molar-refractivity contribution < 1.29 is 4.79 Å². The molecule has 0 saturated heterocycles. The molecule has 2 heterocycles. The molecule has 0 spiro atoms. The molecule has 0 aromatic carbocycles. The number of hydrogen-bond acceptors (Lipinski definition) is 2. The topological polar surface area (TPSA) is 34.9 Å². The Bertz CT molecular complexity index is 427. The van der Waals surface area contributed by atoms with Crippen LogP contribution in [0.1, 0.15) is 55.2 Å². The van der Waals surface area contributed by atoms with E-state index in [9.17, 15) is 4.79 Å². The minimum Gasteiger partial charge on any atom is -0.324 e. The highest BCUT2D eigenvalue weighted by Crippen LogP contribution is 2.35. The summed E-state index contributed by atoms with van der Waals surface area (Å²) in [6.45, 7) is 2.65. The van der Waals surface area contributed by atoms with Gasteiger partial charge in [-0.05, 0) is 26.2 Å². The molecule has 0 unspecified atom stereocenters. The van der Waals surface area contributed by atoms with Crippen molar-refractivity contribution in [3.8, 4) is 0 Å². The van der Waals surface area contributed by atoms with E-state index >= 15 is 0 Å². The second kappa shape index (κ2) is 3.72. The highest BCUT2D eigenvalue weighted by Gasteiger charge is 2.27. The molecule has 1 fully saturated rings. The average molecular weight is 218 g/mol. The second-order valence-corrected chi connectivity index (χ2v) is 5.11. The van der Waals surface area contributed by atoms with Gasteiger partial charge < -0.3 is 4.57 Å². The van der Waals surface area contributed by atoms with Crippen molar-refractivity contribution in [2.24, 2.45) is 0 Å². The zero-order chi connectivity index (χ0) is 11.1. The summed E-state index contributed by atoms with van der Waals surface area (Å²) < 4.78 is 2.21. The highest BCUT2D eigenvalue weighted by atomic mass is 16.1. The van der Waals surface area contributed by atoms with Crippen LogP contribution in [0.4, 0.5) is 0 Å². The number of aromatic nitrogens is 2. The molecule has 0 bridgehead atoms. The molecule has 3 heteroatoms. The Balaban J connectivity index is 2.01. The number of hydrogen-bond donors (Lipinski definition) is 0. The smallest absolute Gasteiger partial charge is 0.152 e. The lowest BCUT2D eigenvalue weighted by molar-refractivity contribution is -0.120. The third-order valence-corrected chi connectivity index (χ3v) is 4.00. The van der Waals surface area contributed by atoms with Gasteiger partial charge in [-0.25, -0.2) is 4.98 Å². The summed E-state index contributed by atoms with van der Waals surface area (Å²) in [6.07, 6.45) is 6.74. The molecule has 1 aromatic heterocycles. The fourth-order valence-corrected chi connectivity index (χ4v) is 3.13. The van der Waals surface area contributed by atoms with Gasteiger partial charge >= 0.3 is 0 Å². The minimum absolute atomic E-state index is 0.365. The molecule has 1 aliphatic carbocycles. The van der Waals surface area contributed by atoms with Gasteiger partial charge in [0.05, 0.1) is 12.2 Å². The normalized spacial score (nSPS) is 21.4. The molecule has 3 nitrogen and oxygen atoms in total. The minimum atomic E-state index is 0.365. The summed E-state index contributed by atoms with van der Waals surface area (Å²) >= 11 is 0. The van der Waals surface area contributed by atoms with Crippen LogP contribution in [0.5, 0.6) is 0 Å². The van der Waals surface area contributed by atoms with Crippen LogP contribution in [0, 0.1) is 6.92 Å². The third-order valence-electron chi connectivity index (χ3n) is 4.00. The number of aryl methyl sites for hydroxylation is 1. The number of rotatable bonds is 1. The molecule has 16 heavy (non-hydrogen) atoms. The van der Waals surface area contributed by atoms with E-state index in [0.717, 1.165) is 12.1 Å². The van der Waals surface area contributed by atoms with Crippen LogP contribution in [-0.2, 0) is 17.8 Å².